The Morgan fingerprint density at radius 3 is 2.43 bits per heavy atom. The van der Waals surface area contributed by atoms with E-state index in [0.717, 1.165) is 41.1 Å². The minimum atomic E-state index is -4.63. The molecule has 0 unspecified atom stereocenters. The number of rotatable bonds is 2. The molecule has 0 saturated carbocycles. The van der Waals surface area contributed by atoms with Gasteiger partial charge >= 0.3 is 12.1 Å². The third-order valence-electron chi connectivity index (χ3n) is 2.65. The van der Waals surface area contributed by atoms with Crippen LogP contribution in [0.1, 0.15) is 15.9 Å². The Hall–Kier alpha value is -2.28. The number of nitrogens with zero attached hydrogens (tertiary/aromatic N) is 1. The van der Waals surface area contributed by atoms with E-state index >= 15 is 0 Å². The molecule has 0 saturated heterocycles. The number of halogens is 4. The summed E-state index contributed by atoms with van der Waals surface area (Å²) < 4.78 is 39.0. The summed E-state index contributed by atoms with van der Waals surface area (Å²) in [6, 6.07) is 4.61. The van der Waals surface area contributed by atoms with Crippen molar-refractivity contribution in [2.24, 2.45) is 0 Å². The average Bonchev–Trinajstić information content (AvgIpc) is 2.37. The van der Waals surface area contributed by atoms with Crippen molar-refractivity contribution in [1.82, 2.24) is 4.57 Å². The fourth-order valence-corrected chi connectivity index (χ4v) is 1.92. The average molecular weight is 318 g/mol. The molecule has 1 heterocycles. The largest absolute Gasteiger partial charge is 0.478 e. The summed E-state index contributed by atoms with van der Waals surface area (Å²) in [5.74, 6) is -1.30. The summed E-state index contributed by atoms with van der Waals surface area (Å²) in [6.45, 7) is 0. The number of aromatic nitrogens is 1. The summed E-state index contributed by atoms with van der Waals surface area (Å²) in [4.78, 5) is 22.6. The molecule has 1 aromatic carbocycles. The van der Waals surface area contributed by atoms with E-state index in [4.69, 9.17) is 16.7 Å². The molecule has 0 spiro atoms. The van der Waals surface area contributed by atoms with Gasteiger partial charge in [0, 0.05) is 17.3 Å². The summed E-state index contributed by atoms with van der Waals surface area (Å²) in [7, 11) is 0. The highest BCUT2D eigenvalue weighted by molar-refractivity contribution is 6.30. The Bertz CT molecular complexity index is 768. The van der Waals surface area contributed by atoms with Crippen LogP contribution in [0.15, 0.2) is 41.3 Å². The molecule has 8 heteroatoms. The molecule has 1 aromatic heterocycles. The Balaban J connectivity index is 2.67. The Kier molecular flexibility index (Phi) is 3.78. The van der Waals surface area contributed by atoms with E-state index in [1.54, 1.807) is 0 Å². The molecule has 0 aliphatic carbocycles. The van der Waals surface area contributed by atoms with Gasteiger partial charge in [-0.15, -0.1) is 0 Å². The van der Waals surface area contributed by atoms with Crippen molar-refractivity contribution in [1.29, 1.82) is 0 Å². The SMILES string of the molecule is O=C(O)c1ccc(=O)n(-c2cc(Cl)cc(C(F)(F)F)c2)c1. The van der Waals surface area contributed by atoms with Crippen LogP contribution in [-0.2, 0) is 6.18 Å². The highest BCUT2D eigenvalue weighted by atomic mass is 35.5. The van der Waals surface area contributed by atoms with Gasteiger partial charge in [-0.1, -0.05) is 11.6 Å². The predicted octanol–water partition coefficient (Wildman–Crippen LogP) is 3.21. The maximum Gasteiger partial charge on any atom is 0.416 e. The number of benzene rings is 1. The first-order valence-corrected chi connectivity index (χ1v) is 5.90. The minimum Gasteiger partial charge on any atom is -0.478 e. The molecule has 0 bridgehead atoms. The van der Waals surface area contributed by atoms with Crippen molar-refractivity contribution in [3.8, 4) is 5.69 Å². The first-order chi connectivity index (χ1) is 9.68. The van der Waals surface area contributed by atoms with Gasteiger partial charge in [-0.05, 0) is 24.3 Å². The van der Waals surface area contributed by atoms with Gasteiger partial charge in [-0.25, -0.2) is 4.79 Å². The van der Waals surface area contributed by atoms with Crippen molar-refractivity contribution in [2.75, 3.05) is 0 Å². The highest BCUT2D eigenvalue weighted by Crippen LogP contribution is 2.32. The molecular weight excluding hydrogens is 311 g/mol. The fraction of sp³-hybridized carbons (Fsp3) is 0.0769. The number of carboxylic acids is 1. The summed E-state index contributed by atoms with van der Waals surface area (Å²) in [5.41, 5.74) is -2.10. The number of carboxylic acid groups (broad SMARTS) is 1. The molecule has 110 valence electrons. The van der Waals surface area contributed by atoms with Gasteiger partial charge in [0.15, 0.2) is 0 Å². The number of hydrogen-bond acceptors (Lipinski definition) is 2. The lowest BCUT2D eigenvalue weighted by atomic mass is 10.2. The predicted molar refractivity (Wildman–Crippen MR) is 69.0 cm³/mol. The zero-order valence-electron chi connectivity index (χ0n) is 10.2. The van der Waals surface area contributed by atoms with Crippen LogP contribution in [0.5, 0.6) is 0 Å². The second kappa shape index (κ2) is 5.25. The fourth-order valence-electron chi connectivity index (χ4n) is 1.69. The molecule has 1 N–H and O–H groups in total. The smallest absolute Gasteiger partial charge is 0.416 e. The molecule has 4 nitrogen and oxygen atoms in total. The molecule has 0 aliphatic rings. The Morgan fingerprint density at radius 1 is 1.19 bits per heavy atom. The second-order valence-corrected chi connectivity index (χ2v) is 4.56. The summed E-state index contributed by atoms with van der Waals surface area (Å²) >= 11 is 5.63. The van der Waals surface area contributed by atoms with E-state index < -0.39 is 23.3 Å². The van der Waals surface area contributed by atoms with E-state index in [1.165, 1.54) is 0 Å². The van der Waals surface area contributed by atoms with Crippen molar-refractivity contribution in [3.05, 3.63) is 63.0 Å². The minimum absolute atomic E-state index is 0.164. The number of carbonyl (C=O) groups is 1. The summed E-state index contributed by atoms with van der Waals surface area (Å²) in [5, 5.41) is 8.65. The number of hydrogen-bond donors (Lipinski definition) is 1. The lowest BCUT2D eigenvalue weighted by Crippen LogP contribution is -2.19. The number of pyridine rings is 1. The third-order valence-corrected chi connectivity index (χ3v) is 2.86. The van der Waals surface area contributed by atoms with E-state index in [1.807, 2.05) is 0 Å². The van der Waals surface area contributed by atoms with Crippen LogP contribution in [-0.4, -0.2) is 15.6 Å². The van der Waals surface area contributed by atoms with Gasteiger partial charge in [0.25, 0.3) is 5.56 Å². The molecule has 0 aliphatic heterocycles. The van der Waals surface area contributed by atoms with E-state index in [2.05, 4.69) is 0 Å². The van der Waals surface area contributed by atoms with Crippen LogP contribution in [0.2, 0.25) is 5.02 Å². The van der Waals surface area contributed by atoms with Gasteiger partial charge in [0.1, 0.15) is 0 Å². The van der Waals surface area contributed by atoms with Gasteiger partial charge in [0.05, 0.1) is 16.8 Å². The number of alkyl halides is 3. The van der Waals surface area contributed by atoms with Crippen LogP contribution in [0.25, 0.3) is 5.69 Å². The molecule has 21 heavy (non-hydrogen) atoms. The first-order valence-electron chi connectivity index (χ1n) is 5.52. The monoisotopic (exact) mass is 317 g/mol. The quantitative estimate of drug-likeness (QED) is 0.925. The lowest BCUT2D eigenvalue weighted by molar-refractivity contribution is -0.137. The molecule has 2 rings (SSSR count). The van der Waals surface area contributed by atoms with Gasteiger partial charge in [-0.3, -0.25) is 9.36 Å². The maximum atomic E-state index is 12.7. The number of aromatic carboxylic acids is 1. The second-order valence-electron chi connectivity index (χ2n) is 4.13. The standard InChI is InChI=1S/C13H7ClF3NO3/c14-9-3-8(13(15,16)17)4-10(5-9)18-6-7(12(20)21)1-2-11(18)19/h1-6H,(H,20,21). The van der Waals surface area contributed by atoms with Crippen LogP contribution in [0, 0.1) is 0 Å². The van der Waals surface area contributed by atoms with Gasteiger partial charge < -0.3 is 5.11 Å². The van der Waals surface area contributed by atoms with Crippen LogP contribution >= 0.6 is 11.6 Å². The topological polar surface area (TPSA) is 59.3 Å². The molecule has 0 fully saturated rings. The lowest BCUT2D eigenvalue weighted by Gasteiger charge is -2.12. The van der Waals surface area contributed by atoms with Gasteiger partial charge in [-0.2, -0.15) is 13.2 Å². The molecule has 2 aromatic rings. The normalized spacial score (nSPS) is 11.4. The van der Waals surface area contributed by atoms with Crippen LogP contribution in [0.3, 0.4) is 0 Å². The van der Waals surface area contributed by atoms with Gasteiger partial charge in [0.2, 0.25) is 0 Å². The zero-order valence-corrected chi connectivity index (χ0v) is 10.9. The van der Waals surface area contributed by atoms with E-state index in [9.17, 15) is 22.8 Å². The maximum absolute atomic E-state index is 12.7. The highest BCUT2D eigenvalue weighted by Gasteiger charge is 2.31. The van der Waals surface area contributed by atoms with E-state index in [-0.39, 0.29) is 16.3 Å². The molecular formula is C13H7ClF3NO3. The summed E-state index contributed by atoms with van der Waals surface area (Å²) in [6.07, 6.45) is -3.69. The van der Waals surface area contributed by atoms with Crippen molar-refractivity contribution < 1.29 is 23.1 Å². The third kappa shape index (κ3) is 3.25. The Morgan fingerprint density at radius 2 is 1.86 bits per heavy atom. The van der Waals surface area contributed by atoms with Crippen LogP contribution < -0.4 is 5.56 Å². The van der Waals surface area contributed by atoms with Crippen molar-refractivity contribution >= 4 is 17.6 Å². The van der Waals surface area contributed by atoms with Crippen LogP contribution in [0.4, 0.5) is 13.2 Å². The Labute approximate surface area is 121 Å². The molecule has 0 atom stereocenters. The van der Waals surface area contributed by atoms with Crippen molar-refractivity contribution in [3.63, 3.8) is 0 Å². The first kappa shape index (κ1) is 15.1. The molecule has 0 amide bonds. The zero-order chi connectivity index (χ0) is 15.8. The van der Waals surface area contributed by atoms with E-state index in [0.29, 0.717) is 0 Å². The molecule has 0 radical (unpaired) electrons. The van der Waals surface area contributed by atoms with Crippen molar-refractivity contribution in [2.45, 2.75) is 6.18 Å².